The van der Waals surface area contributed by atoms with Crippen LogP contribution in [0, 0.1) is 0 Å². The smallest absolute Gasteiger partial charge is 0.550 e. The van der Waals surface area contributed by atoms with Crippen molar-refractivity contribution in [3.8, 4) is 11.5 Å². The summed E-state index contributed by atoms with van der Waals surface area (Å²) in [6, 6.07) is 15.8. The minimum absolute atomic E-state index is 0. The molecule has 0 atom stereocenters. The molecule has 0 fully saturated rings. The van der Waals surface area contributed by atoms with Crippen LogP contribution in [0.3, 0.4) is 0 Å². The molecular weight excluding hydrogens is 615 g/mol. The van der Waals surface area contributed by atoms with Crippen molar-refractivity contribution in [2.24, 2.45) is 9.98 Å². The van der Waals surface area contributed by atoms with Crippen molar-refractivity contribution < 1.29 is 46.8 Å². The summed E-state index contributed by atoms with van der Waals surface area (Å²) in [6.45, 7) is 18.8. The minimum Gasteiger partial charge on any atom is -0.550 e. The van der Waals surface area contributed by atoms with Gasteiger partial charge in [-0.2, -0.15) is 0 Å². The predicted molar refractivity (Wildman–Crippen MR) is 175 cm³/mol. The largest absolute Gasteiger partial charge is 2.00 e. The van der Waals surface area contributed by atoms with Crippen molar-refractivity contribution in [3.63, 3.8) is 0 Å². The number of hydrogen-bond donors (Lipinski definition) is 2. The number of rotatable bonds is 6. The number of aryl methyl sites for hydroxylation is 2. The number of phenols is 2. The molecule has 0 aliphatic heterocycles. The molecule has 45 heavy (non-hydrogen) atoms. The first-order valence-corrected chi connectivity index (χ1v) is 14.6. The topological polar surface area (TPSA) is 145 Å². The van der Waals surface area contributed by atoms with Gasteiger partial charge >= 0.3 is 16.8 Å². The van der Waals surface area contributed by atoms with E-state index in [0.29, 0.717) is 0 Å². The van der Waals surface area contributed by atoms with Gasteiger partial charge in [0, 0.05) is 46.6 Å². The number of carboxylic acids is 2. The molecule has 9 heteroatoms. The van der Waals surface area contributed by atoms with Crippen molar-refractivity contribution in [2.75, 3.05) is 0 Å². The second kappa shape index (κ2) is 18.1. The molecule has 3 rings (SSSR count). The molecule has 0 aromatic heterocycles. The molecular formula is C36H46CoN2O6. The Morgan fingerprint density at radius 3 is 1.16 bits per heavy atom. The number of nitrogens with zero attached hydrogens (tertiary/aromatic N) is 2. The summed E-state index contributed by atoms with van der Waals surface area (Å²) in [6.07, 6.45) is 5.24. The van der Waals surface area contributed by atoms with Gasteiger partial charge < -0.3 is 30.0 Å². The number of benzene rings is 3. The van der Waals surface area contributed by atoms with Crippen LogP contribution in [0.15, 0.2) is 58.5 Å². The van der Waals surface area contributed by atoms with Gasteiger partial charge in [-0.3, -0.25) is 9.98 Å². The number of hydrogen-bond acceptors (Lipinski definition) is 8. The summed E-state index contributed by atoms with van der Waals surface area (Å²) in [5, 5.41) is 39.5. The van der Waals surface area contributed by atoms with E-state index in [1.807, 2.05) is 36.4 Å². The quantitative estimate of drug-likeness (QED) is 0.318. The monoisotopic (exact) mass is 661 g/mol. The van der Waals surface area contributed by atoms with Gasteiger partial charge in [-0.1, -0.05) is 67.5 Å². The SMILES string of the molecule is CC(=O)[O-].CC(=O)[O-].CCc1cc(C=Nc2ccc(N=Cc3cc(CC)cc(C(C)(C)C)c3O)cc2)c(O)c(C(C)(C)C)c1.[Co+2]. The van der Waals surface area contributed by atoms with Crippen LogP contribution in [0.2, 0.25) is 0 Å². The molecule has 3 aromatic carbocycles. The van der Waals surface area contributed by atoms with E-state index < -0.39 is 11.9 Å². The van der Waals surface area contributed by atoms with Crippen molar-refractivity contribution in [3.05, 3.63) is 81.9 Å². The molecule has 0 aliphatic carbocycles. The summed E-state index contributed by atoms with van der Waals surface area (Å²) in [7, 11) is 0. The van der Waals surface area contributed by atoms with Gasteiger partial charge in [0.15, 0.2) is 0 Å². The maximum absolute atomic E-state index is 10.8. The molecule has 3 aromatic rings. The average molecular weight is 662 g/mol. The third-order valence-electron chi connectivity index (χ3n) is 6.39. The number of aliphatic carboxylic acids is 2. The van der Waals surface area contributed by atoms with Crippen molar-refractivity contribution >= 4 is 35.7 Å². The molecule has 8 nitrogen and oxygen atoms in total. The van der Waals surface area contributed by atoms with Gasteiger partial charge in [0.1, 0.15) is 11.5 Å². The van der Waals surface area contributed by atoms with E-state index in [1.54, 1.807) is 12.4 Å². The van der Waals surface area contributed by atoms with E-state index in [1.165, 1.54) is 11.1 Å². The van der Waals surface area contributed by atoms with Crippen molar-refractivity contribution in [2.45, 2.75) is 92.9 Å². The summed E-state index contributed by atoms with van der Waals surface area (Å²) >= 11 is 0. The Hall–Kier alpha value is -3.95. The van der Waals surface area contributed by atoms with E-state index in [2.05, 4.69) is 77.5 Å². The van der Waals surface area contributed by atoms with Gasteiger partial charge in [0.25, 0.3) is 0 Å². The molecule has 0 saturated carbocycles. The molecule has 0 aliphatic rings. The van der Waals surface area contributed by atoms with E-state index in [0.717, 1.165) is 60.3 Å². The first-order chi connectivity index (χ1) is 20.3. The number of carbonyl (C=O) groups is 2. The molecule has 2 N–H and O–H groups in total. The summed E-state index contributed by atoms with van der Waals surface area (Å²) in [4.78, 5) is 27.0. The predicted octanol–water partition coefficient (Wildman–Crippen LogP) is 5.83. The summed E-state index contributed by atoms with van der Waals surface area (Å²) in [5.41, 5.74) is 6.90. The van der Waals surface area contributed by atoms with Crippen molar-refractivity contribution in [1.82, 2.24) is 0 Å². The van der Waals surface area contributed by atoms with Crippen LogP contribution in [0.4, 0.5) is 11.4 Å². The van der Waals surface area contributed by atoms with Crippen molar-refractivity contribution in [1.29, 1.82) is 0 Å². The van der Waals surface area contributed by atoms with Gasteiger partial charge in [-0.05, 0) is 85.0 Å². The molecule has 0 spiro atoms. The summed E-state index contributed by atoms with van der Waals surface area (Å²) < 4.78 is 0. The van der Waals surface area contributed by atoms with Gasteiger partial charge in [0.05, 0.1) is 11.4 Å². The van der Waals surface area contributed by atoms with Crippen LogP contribution < -0.4 is 10.2 Å². The molecule has 0 bridgehead atoms. The van der Waals surface area contributed by atoms with E-state index in [4.69, 9.17) is 19.8 Å². The number of phenolic OH excluding ortho intramolecular Hbond substituents is 2. The average Bonchev–Trinajstić information content (AvgIpc) is 2.90. The second-order valence-electron chi connectivity index (χ2n) is 12.4. The van der Waals surface area contributed by atoms with Crippen LogP contribution in [-0.2, 0) is 50.0 Å². The van der Waals surface area contributed by atoms with E-state index in [-0.39, 0.29) is 39.1 Å². The number of carboxylic acid groups (broad SMARTS) is 2. The molecule has 0 saturated heterocycles. The normalized spacial score (nSPS) is 11.2. The Kier molecular flexibility index (Phi) is 16.5. The van der Waals surface area contributed by atoms with Crippen LogP contribution in [-0.4, -0.2) is 34.6 Å². The number of carbonyl (C=O) groups excluding carboxylic acids is 2. The Labute approximate surface area is 278 Å². The fourth-order valence-electron chi connectivity index (χ4n) is 4.10. The van der Waals surface area contributed by atoms with Crippen LogP contribution in [0.1, 0.15) is 103 Å². The molecule has 1 radical (unpaired) electrons. The van der Waals surface area contributed by atoms with Gasteiger partial charge in [-0.25, -0.2) is 0 Å². The maximum Gasteiger partial charge on any atom is 2.00 e. The number of aromatic hydroxyl groups is 2. The zero-order valence-corrected chi connectivity index (χ0v) is 29.0. The van der Waals surface area contributed by atoms with Crippen LogP contribution >= 0.6 is 0 Å². The van der Waals surface area contributed by atoms with E-state index >= 15 is 0 Å². The number of aliphatic imine (C=N–C) groups is 2. The molecule has 0 unspecified atom stereocenters. The first kappa shape index (κ1) is 41.0. The fraction of sp³-hybridized carbons (Fsp3) is 0.389. The van der Waals surface area contributed by atoms with Gasteiger partial charge in [0.2, 0.25) is 0 Å². The Morgan fingerprint density at radius 1 is 0.667 bits per heavy atom. The zero-order valence-electron chi connectivity index (χ0n) is 27.9. The maximum atomic E-state index is 10.8. The zero-order chi connectivity index (χ0) is 33.8. The van der Waals surface area contributed by atoms with Gasteiger partial charge in [-0.15, -0.1) is 0 Å². The first-order valence-electron chi connectivity index (χ1n) is 14.6. The fourth-order valence-corrected chi connectivity index (χ4v) is 4.10. The Bertz CT molecular complexity index is 1360. The molecule has 245 valence electrons. The minimum atomic E-state index is -1.08. The third kappa shape index (κ3) is 14.1. The standard InChI is InChI=1S/C32H40N2O2.2C2H4O2.Co/c1-9-21-15-23(29(35)27(17-21)31(3,4)5)19-33-25-11-13-26(14-12-25)34-20-24-16-22(10-2)18-28(30(24)36)32(6,7)8;2*1-2(3)4;/h11-20,35-36H,9-10H2,1-8H3;2*1H3,(H,3,4);/q;;;+2/p-2. The van der Waals surface area contributed by atoms with Crippen LogP contribution in [0.25, 0.3) is 0 Å². The molecule has 0 amide bonds. The van der Waals surface area contributed by atoms with Crippen LogP contribution in [0.5, 0.6) is 11.5 Å². The van der Waals surface area contributed by atoms with E-state index in [9.17, 15) is 10.2 Å². The third-order valence-corrected chi connectivity index (χ3v) is 6.39. The Balaban J connectivity index is 0.00000192. The summed E-state index contributed by atoms with van der Waals surface area (Å²) in [5.74, 6) is -1.60. The second-order valence-corrected chi connectivity index (χ2v) is 12.4. The Morgan fingerprint density at radius 2 is 0.933 bits per heavy atom. The molecule has 0 heterocycles.